The Labute approximate surface area is 172 Å². The second kappa shape index (κ2) is 10.6. The lowest BCUT2D eigenvalue weighted by Crippen LogP contribution is -2.49. The predicted molar refractivity (Wildman–Crippen MR) is 115 cm³/mol. The molecule has 0 bridgehead atoms. The van der Waals surface area contributed by atoms with E-state index in [-0.39, 0.29) is 5.91 Å². The number of rotatable bonds is 9. The Morgan fingerprint density at radius 3 is 2.63 bits per heavy atom. The summed E-state index contributed by atoms with van der Waals surface area (Å²) in [6.45, 7) is 2.35. The van der Waals surface area contributed by atoms with E-state index in [9.17, 15) is 13.2 Å². The van der Waals surface area contributed by atoms with E-state index in [0.29, 0.717) is 28.9 Å². The molecule has 1 amide bonds. The summed E-state index contributed by atoms with van der Waals surface area (Å²) in [6.07, 6.45) is 7.93. The number of amides is 1. The summed E-state index contributed by atoms with van der Waals surface area (Å²) in [6, 6.07) is 5.79. The third-order valence-electron chi connectivity index (χ3n) is 4.70. The van der Waals surface area contributed by atoms with E-state index in [1.165, 1.54) is 36.4 Å². The van der Waals surface area contributed by atoms with Crippen molar-refractivity contribution < 1.29 is 13.2 Å². The first-order valence-electron chi connectivity index (χ1n) is 9.47. The van der Waals surface area contributed by atoms with Gasteiger partial charge in [0, 0.05) is 22.6 Å². The molecule has 8 heteroatoms. The van der Waals surface area contributed by atoms with Crippen molar-refractivity contribution in [2.24, 2.45) is 0 Å². The van der Waals surface area contributed by atoms with Crippen molar-refractivity contribution in [1.82, 2.24) is 5.32 Å². The summed E-state index contributed by atoms with van der Waals surface area (Å²) in [4.78, 5) is 12.7. The minimum Gasteiger partial charge on any atom is -0.353 e. The van der Waals surface area contributed by atoms with E-state index < -0.39 is 16.1 Å². The van der Waals surface area contributed by atoms with E-state index in [2.05, 4.69) is 5.32 Å². The maximum atomic E-state index is 12.7. The first-order valence-corrected chi connectivity index (χ1v) is 12.7. The highest BCUT2D eigenvalue weighted by molar-refractivity contribution is 7.99. The third kappa shape index (κ3) is 6.88. The van der Waals surface area contributed by atoms with Gasteiger partial charge in [-0.3, -0.25) is 9.10 Å². The van der Waals surface area contributed by atoms with Gasteiger partial charge in [-0.15, -0.1) is 0 Å². The number of sulfonamides is 1. The van der Waals surface area contributed by atoms with Gasteiger partial charge in [-0.25, -0.2) is 8.42 Å². The van der Waals surface area contributed by atoms with Crippen LogP contribution in [-0.2, 0) is 14.8 Å². The van der Waals surface area contributed by atoms with Gasteiger partial charge in [-0.1, -0.05) is 43.9 Å². The monoisotopic (exact) mass is 432 g/mol. The van der Waals surface area contributed by atoms with Crippen molar-refractivity contribution in [1.29, 1.82) is 0 Å². The lowest BCUT2D eigenvalue weighted by molar-refractivity contribution is -0.122. The van der Waals surface area contributed by atoms with Gasteiger partial charge in [0.25, 0.3) is 0 Å². The van der Waals surface area contributed by atoms with Crippen molar-refractivity contribution in [3.8, 4) is 0 Å². The fraction of sp³-hybridized carbons (Fsp3) is 0.632. The maximum Gasteiger partial charge on any atom is 0.243 e. The summed E-state index contributed by atoms with van der Waals surface area (Å²) in [7, 11) is -3.63. The summed E-state index contributed by atoms with van der Waals surface area (Å²) in [5.74, 6) is 0.579. The van der Waals surface area contributed by atoms with Gasteiger partial charge < -0.3 is 5.32 Å². The van der Waals surface area contributed by atoms with Gasteiger partial charge in [0.1, 0.15) is 6.04 Å². The lowest BCUT2D eigenvalue weighted by Gasteiger charge is -2.30. The second-order valence-electron chi connectivity index (χ2n) is 6.88. The molecule has 1 unspecified atom stereocenters. The number of nitrogens with zero attached hydrogens (tertiary/aromatic N) is 1. The van der Waals surface area contributed by atoms with Gasteiger partial charge in [-0.05, 0) is 37.5 Å². The van der Waals surface area contributed by atoms with Gasteiger partial charge in [0.05, 0.1) is 11.9 Å². The summed E-state index contributed by atoms with van der Waals surface area (Å²) in [5.41, 5.74) is 0.406. The number of nitrogens with one attached hydrogen (secondary N) is 1. The minimum absolute atomic E-state index is 0.271. The number of anilines is 1. The molecule has 2 rings (SSSR count). The molecule has 1 atom stereocenters. The SMILES string of the molecule is CCC(C(=O)NCCSC1CCCCC1)N(c1cccc(Cl)c1)S(C)(=O)=O. The van der Waals surface area contributed by atoms with Crippen molar-refractivity contribution in [3.05, 3.63) is 29.3 Å². The average Bonchev–Trinajstić information content (AvgIpc) is 2.62. The highest BCUT2D eigenvalue weighted by Gasteiger charge is 2.31. The standard InChI is InChI=1S/C19H29ClN2O3S2/c1-3-18(19(23)21-12-13-26-17-10-5-4-6-11-17)22(27(2,24)25)16-9-7-8-15(20)14-16/h7-9,14,17-18H,3-6,10-13H2,1-2H3,(H,21,23). The third-order valence-corrected chi connectivity index (χ3v) is 7.50. The molecular formula is C19H29ClN2O3S2. The second-order valence-corrected chi connectivity index (χ2v) is 10.6. The van der Waals surface area contributed by atoms with Crippen LogP contribution in [0.15, 0.2) is 24.3 Å². The number of thioether (sulfide) groups is 1. The zero-order chi connectivity index (χ0) is 19.9. The molecule has 1 aromatic rings. The number of carbonyl (C=O) groups is 1. The number of halogens is 1. The van der Waals surface area contributed by atoms with Gasteiger partial charge in [-0.2, -0.15) is 11.8 Å². The topological polar surface area (TPSA) is 66.5 Å². The minimum atomic E-state index is -3.63. The van der Waals surface area contributed by atoms with E-state index in [0.717, 1.165) is 12.0 Å². The Hall–Kier alpha value is -0.920. The molecule has 1 fully saturated rings. The zero-order valence-electron chi connectivity index (χ0n) is 16.0. The molecule has 0 aliphatic heterocycles. The van der Waals surface area contributed by atoms with Gasteiger partial charge >= 0.3 is 0 Å². The molecule has 0 radical (unpaired) electrons. The molecule has 0 saturated heterocycles. The van der Waals surface area contributed by atoms with E-state index in [1.54, 1.807) is 24.3 Å². The Morgan fingerprint density at radius 1 is 1.33 bits per heavy atom. The Balaban J connectivity index is 1.99. The molecule has 1 N–H and O–H groups in total. The normalized spacial score (nSPS) is 16.7. The zero-order valence-corrected chi connectivity index (χ0v) is 18.4. The predicted octanol–water partition coefficient (Wildman–Crippen LogP) is 4.07. The largest absolute Gasteiger partial charge is 0.353 e. The molecule has 1 aliphatic rings. The smallest absolute Gasteiger partial charge is 0.243 e. The van der Waals surface area contributed by atoms with Gasteiger partial charge in [0.2, 0.25) is 15.9 Å². The van der Waals surface area contributed by atoms with Crippen LogP contribution in [0.5, 0.6) is 0 Å². The Bertz CT molecular complexity index is 721. The van der Waals surface area contributed by atoms with Crippen LogP contribution < -0.4 is 9.62 Å². The highest BCUT2D eigenvalue weighted by atomic mass is 35.5. The molecule has 1 aliphatic carbocycles. The van der Waals surface area contributed by atoms with E-state index >= 15 is 0 Å². The molecule has 27 heavy (non-hydrogen) atoms. The van der Waals surface area contributed by atoms with Crippen LogP contribution in [-0.4, -0.2) is 44.2 Å². The molecule has 0 heterocycles. The van der Waals surface area contributed by atoms with Crippen molar-refractivity contribution >= 4 is 45.0 Å². The number of benzene rings is 1. The lowest BCUT2D eigenvalue weighted by atomic mass is 10.0. The molecule has 5 nitrogen and oxygen atoms in total. The van der Waals surface area contributed by atoms with Crippen LogP contribution in [0.2, 0.25) is 5.02 Å². The van der Waals surface area contributed by atoms with Gasteiger partial charge in [0.15, 0.2) is 0 Å². The van der Waals surface area contributed by atoms with E-state index in [1.807, 2.05) is 18.7 Å². The highest BCUT2D eigenvalue weighted by Crippen LogP contribution is 2.28. The maximum absolute atomic E-state index is 12.7. The first-order chi connectivity index (χ1) is 12.8. The summed E-state index contributed by atoms with van der Waals surface area (Å²) in [5, 5.41) is 4.03. The fourth-order valence-corrected chi connectivity index (χ4v) is 6.03. The van der Waals surface area contributed by atoms with Crippen LogP contribution in [0, 0.1) is 0 Å². The molecule has 0 spiro atoms. The quantitative estimate of drug-likeness (QED) is 0.597. The van der Waals surface area contributed by atoms with Crippen molar-refractivity contribution in [2.45, 2.75) is 56.7 Å². The number of hydrogen-bond acceptors (Lipinski definition) is 4. The molecule has 152 valence electrons. The molecule has 0 aromatic heterocycles. The fourth-order valence-electron chi connectivity index (χ4n) is 3.42. The Kier molecular flexibility index (Phi) is 8.76. The van der Waals surface area contributed by atoms with Crippen LogP contribution in [0.1, 0.15) is 45.4 Å². The van der Waals surface area contributed by atoms with Crippen molar-refractivity contribution in [2.75, 3.05) is 22.9 Å². The summed E-state index contributed by atoms with van der Waals surface area (Å²) < 4.78 is 25.9. The average molecular weight is 433 g/mol. The molecular weight excluding hydrogens is 404 g/mol. The van der Waals surface area contributed by atoms with Crippen molar-refractivity contribution in [3.63, 3.8) is 0 Å². The Morgan fingerprint density at radius 2 is 2.04 bits per heavy atom. The molecule has 1 aromatic carbocycles. The van der Waals surface area contributed by atoms with Crippen LogP contribution in [0.25, 0.3) is 0 Å². The van der Waals surface area contributed by atoms with E-state index in [4.69, 9.17) is 11.6 Å². The van der Waals surface area contributed by atoms with Crippen LogP contribution >= 0.6 is 23.4 Å². The number of hydrogen-bond donors (Lipinski definition) is 1. The number of carbonyl (C=O) groups excluding carboxylic acids is 1. The van der Waals surface area contributed by atoms with Crippen LogP contribution in [0.4, 0.5) is 5.69 Å². The van der Waals surface area contributed by atoms with Crippen LogP contribution in [0.3, 0.4) is 0 Å². The first kappa shape index (κ1) is 22.4. The molecule has 1 saturated carbocycles. The summed E-state index contributed by atoms with van der Waals surface area (Å²) >= 11 is 7.92.